The Labute approximate surface area is 131 Å². The van der Waals surface area contributed by atoms with E-state index in [4.69, 9.17) is 16.0 Å². The maximum absolute atomic E-state index is 6.11. The smallest absolute Gasteiger partial charge is 0.134 e. The molecule has 1 saturated carbocycles. The van der Waals surface area contributed by atoms with Gasteiger partial charge in [0.05, 0.1) is 6.04 Å². The van der Waals surface area contributed by atoms with Gasteiger partial charge in [-0.1, -0.05) is 31.9 Å². The molecule has 1 aromatic heterocycles. The van der Waals surface area contributed by atoms with Crippen molar-refractivity contribution in [3.05, 3.63) is 35.0 Å². The van der Waals surface area contributed by atoms with Crippen molar-refractivity contribution < 1.29 is 4.42 Å². The summed E-state index contributed by atoms with van der Waals surface area (Å²) in [6, 6.07) is 8.34. The minimum Gasteiger partial charge on any atom is -0.459 e. The van der Waals surface area contributed by atoms with Gasteiger partial charge in [-0.25, -0.2) is 0 Å². The van der Waals surface area contributed by atoms with E-state index < -0.39 is 0 Å². The van der Waals surface area contributed by atoms with Gasteiger partial charge in [-0.05, 0) is 61.9 Å². The van der Waals surface area contributed by atoms with Gasteiger partial charge in [0, 0.05) is 10.4 Å². The molecule has 0 saturated heterocycles. The molecular weight excluding hydrogens is 282 g/mol. The Morgan fingerprint density at radius 1 is 1.33 bits per heavy atom. The van der Waals surface area contributed by atoms with Crippen LogP contribution in [0.5, 0.6) is 0 Å². The van der Waals surface area contributed by atoms with Crippen LogP contribution < -0.4 is 5.32 Å². The van der Waals surface area contributed by atoms with Gasteiger partial charge in [-0.15, -0.1) is 0 Å². The number of hydrogen-bond acceptors (Lipinski definition) is 2. The number of rotatable bonds is 5. The van der Waals surface area contributed by atoms with Crippen molar-refractivity contribution in [3.8, 4) is 0 Å². The highest BCUT2D eigenvalue weighted by Gasteiger charge is 2.31. The van der Waals surface area contributed by atoms with Gasteiger partial charge in [-0.3, -0.25) is 0 Å². The number of nitrogens with one attached hydrogen (secondary N) is 1. The molecular formula is C18H24ClNO. The van der Waals surface area contributed by atoms with Crippen LogP contribution in [0.2, 0.25) is 5.02 Å². The van der Waals surface area contributed by atoms with Crippen LogP contribution in [0.1, 0.15) is 51.3 Å². The van der Waals surface area contributed by atoms with Gasteiger partial charge >= 0.3 is 0 Å². The number of benzene rings is 1. The Morgan fingerprint density at radius 2 is 2.19 bits per heavy atom. The lowest BCUT2D eigenvalue weighted by atomic mass is 9.94. The number of furan rings is 1. The third kappa shape index (κ3) is 3.27. The first-order valence-corrected chi connectivity index (χ1v) is 8.47. The lowest BCUT2D eigenvalue weighted by molar-refractivity contribution is 0.314. The zero-order valence-corrected chi connectivity index (χ0v) is 13.6. The van der Waals surface area contributed by atoms with Crippen LogP contribution in [-0.2, 0) is 0 Å². The van der Waals surface area contributed by atoms with E-state index in [0.717, 1.165) is 40.6 Å². The van der Waals surface area contributed by atoms with Crippen LogP contribution in [0, 0.1) is 11.8 Å². The fraction of sp³-hybridized carbons (Fsp3) is 0.556. The van der Waals surface area contributed by atoms with Crippen molar-refractivity contribution in [3.63, 3.8) is 0 Å². The Kier molecular flexibility index (Phi) is 4.56. The highest BCUT2D eigenvalue weighted by atomic mass is 35.5. The van der Waals surface area contributed by atoms with Gasteiger partial charge in [0.25, 0.3) is 0 Å². The molecule has 0 aliphatic heterocycles. The van der Waals surface area contributed by atoms with Gasteiger partial charge in [0.1, 0.15) is 11.3 Å². The summed E-state index contributed by atoms with van der Waals surface area (Å²) in [7, 11) is 0. The van der Waals surface area contributed by atoms with Crippen LogP contribution >= 0.6 is 11.6 Å². The molecule has 2 nitrogen and oxygen atoms in total. The number of hydrogen-bond donors (Lipinski definition) is 1. The van der Waals surface area contributed by atoms with E-state index in [1.165, 1.54) is 19.3 Å². The fourth-order valence-electron chi connectivity index (χ4n) is 3.54. The highest BCUT2D eigenvalue weighted by Crippen LogP contribution is 2.40. The van der Waals surface area contributed by atoms with E-state index in [9.17, 15) is 0 Å². The number of fused-ring (bicyclic) bond motifs is 1. The summed E-state index contributed by atoms with van der Waals surface area (Å²) in [6.45, 7) is 5.60. The topological polar surface area (TPSA) is 25.2 Å². The summed E-state index contributed by atoms with van der Waals surface area (Å²) in [6.07, 6.45) is 5.06. The molecule has 3 atom stereocenters. The molecule has 0 spiro atoms. The van der Waals surface area contributed by atoms with Gasteiger partial charge < -0.3 is 9.73 Å². The van der Waals surface area contributed by atoms with E-state index in [1.807, 2.05) is 18.2 Å². The Morgan fingerprint density at radius 3 is 2.90 bits per heavy atom. The molecule has 0 bridgehead atoms. The molecule has 1 fully saturated rings. The normalized spacial score (nSPS) is 23.8. The van der Waals surface area contributed by atoms with Crippen LogP contribution in [0.25, 0.3) is 11.0 Å². The van der Waals surface area contributed by atoms with Crippen LogP contribution in [0.4, 0.5) is 0 Å². The van der Waals surface area contributed by atoms with E-state index in [0.29, 0.717) is 12.0 Å². The maximum Gasteiger partial charge on any atom is 0.134 e. The molecule has 0 radical (unpaired) electrons. The predicted molar refractivity (Wildman–Crippen MR) is 88.8 cm³/mol. The fourth-order valence-corrected chi connectivity index (χ4v) is 3.72. The largest absolute Gasteiger partial charge is 0.459 e. The minimum absolute atomic E-state index is 0.334. The average Bonchev–Trinajstić information content (AvgIpc) is 3.05. The summed E-state index contributed by atoms with van der Waals surface area (Å²) in [5.41, 5.74) is 0.934. The molecule has 1 aliphatic rings. The summed E-state index contributed by atoms with van der Waals surface area (Å²) in [5, 5.41) is 5.57. The Hall–Kier alpha value is -0.990. The monoisotopic (exact) mass is 305 g/mol. The molecule has 1 heterocycles. The van der Waals surface area contributed by atoms with Crippen molar-refractivity contribution in [1.82, 2.24) is 5.32 Å². The van der Waals surface area contributed by atoms with E-state index >= 15 is 0 Å². The third-order valence-corrected chi connectivity index (χ3v) is 4.86. The van der Waals surface area contributed by atoms with E-state index in [1.54, 1.807) is 0 Å². The lowest BCUT2D eigenvalue weighted by Gasteiger charge is -2.23. The quantitative estimate of drug-likeness (QED) is 0.782. The van der Waals surface area contributed by atoms with E-state index in [-0.39, 0.29) is 0 Å². The SMILES string of the molecule is CCCNC(c1cc2cc(Cl)ccc2o1)C1CCC(C)C1. The van der Waals surface area contributed by atoms with Crippen molar-refractivity contribution in [1.29, 1.82) is 0 Å². The summed E-state index contributed by atoms with van der Waals surface area (Å²) in [5.74, 6) is 2.59. The molecule has 1 aliphatic carbocycles. The second-order valence-corrected chi connectivity index (χ2v) is 6.88. The van der Waals surface area contributed by atoms with Gasteiger partial charge in [0.15, 0.2) is 0 Å². The zero-order valence-electron chi connectivity index (χ0n) is 12.9. The first-order valence-electron chi connectivity index (χ1n) is 8.09. The molecule has 2 aromatic rings. The molecule has 3 unspecified atom stereocenters. The van der Waals surface area contributed by atoms with Crippen molar-refractivity contribution in [2.75, 3.05) is 6.54 Å². The standard InChI is InChI=1S/C18H24ClNO/c1-3-8-20-18(13-5-4-12(2)9-13)17-11-14-10-15(19)6-7-16(14)21-17/h6-7,10-13,18,20H,3-5,8-9H2,1-2H3. The summed E-state index contributed by atoms with van der Waals surface area (Å²) < 4.78 is 6.11. The minimum atomic E-state index is 0.334. The van der Waals surface area contributed by atoms with Crippen LogP contribution in [0.15, 0.2) is 28.7 Å². The van der Waals surface area contributed by atoms with E-state index in [2.05, 4.69) is 25.2 Å². The van der Waals surface area contributed by atoms with Crippen LogP contribution in [-0.4, -0.2) is 6.54 Å². The maximum atomic E-state index is 6.11. The molecule has 0 amide bonds. The number of halogens is 1. The lowest BCUT2D eigenvalue weighted by Crippen LogP contribution is -2.27. The van der Waals surface area contributed by atoms with Gasteiger partial charge in [-0.2, -0.15) is 0 Å². The molecule has 1 aromatic carbocycles. The first-order chi connectivity index (χ1) is 10.2. The Balaban J connectivity index is 1.89. The summed E-state index contributed by atoms with van der Waals surface area (Å²) >= 11 is 6.08. The second-order valence-electron chi connectivity index (χ2n) is 6.44. The van der Waals surface area contributed by atoms with Crippen molar-refractivity contribution in [2.24, 2.45) is 11.8 Å². The summed E-state index contributed by atoms with van der Waals surface area (Å²) in [4.78, 5) is 0. The van der Waals surface area contributed by atoms with Crippen molar-refractivity contribution >= 4 is 22.6 Å². The Bertz CT molecular complexity index is 606. The first kappa shape index (κ1) is 14.9. The molecule has 1 N–H and O–H groups in total. The zero-order chi connectivity index (χ0) is 14.8. The molecule has 114 valence electrons. The second kappa shape index (κ2) is 6.41. The third-order valence-electron chi connectivity index (χ3n) is 4.62. The van der Waals surface area contributed by atoms with Gasteiger partial charge in [0.2, 0.25) is 0 Å². The molecule has 3 heteroatoms. The van der Waals surface area contributed by atoms with Crippen LogP contribution in [0.3, 0.4) is 0 Å². The average molecular weight is 306 g/mol. The van der Waals surface area contributed by atoms with Crippen molar-refractivity contribution in [2.45, 2.75) is 45.6 Å². The molecule has 3 rings (SSSR count). The predicted octanol–water partition coefficient (Wildman–Crippen LogP) is 5.56. The highest BCUT2D eigenvalue weighted by molar-refractivity contribution is 6.31. The molecule has 21 heavy (non-hydrogen) atoms.